The fourth-order valence-electron chi connectivity index (χ4n) is 9.11. The Bertz CT molecular complexity index is 2230. The first-order valence-corrected chi connectivity index (χ1v) is 19.3. The molecule has 1 unspecified atom stereocenters. The van der Waals surface area contributed by atoms with E-state index >= 15 is 0 Å². The summed E-state index contributed by atoms with van der Waals surface area (Å²) in [4.78, 5) is 75.6. The van der Waals surface area contributed by atoms with Gasteiger partial charge in [0, 0.05) is 56.6 Å². The van der Waals surface area contributed by atoms with Crippen LogP contribution in [0, 0.1) is 11.3 Å². The van der Waals surface area contributed by atoms with E-state index in [4.69, 9.17) is 5.26 Å². The van der Waals surface area contributed by atoms with Gasteiger partial charge in [-0.2, -0.15) is 23.5 Å². The van der Waals surface area contributed by atoms with E-state index in [1.807, 2.05) is 12.3 Å². The van der Waals surface area contributed by atoms with E-state index in [2.05, 4.69) is 35.4 Å². The number of aromatic nitrogens is 3. The number of hydrogen-bond donors (Lipinski definition) is 2. The van der Waals surface area contributed by atoms with Gasteiger partial charge in [-0.1, -0.05) is 0 Å². The van der Waals surface area contributed by atoms with Gasteiger partial charge in [0.25, 0.3) is 17.7 Å². The van der Waals surface area contributed by atoms with E-state index in [1.165, 1.54) is 6.07 Å². The second-order valence-corrected chi connectivity index (χ2v) is 15.9. The summed E-state index contributed by atoms with van der Waals surface area (Å²) in [5.41, 5.74) is -0.638. The maximum Gasteiger partial charge on any atom is 0.419 e. The summed E-state index contributed by atoms with van der Waals surface area (Å²) < 4.78 is 42.1. The van der Waals surface area contributed by atoms with Crippen molar-refractivity contribution in [2.75, 3.05) is 49.5 Å². The van der Waals surface area contributed by atoms with Gasteiger partial charge in [0.05, 0.1) is 34.8 Å². The first kappa shape index (κ1) is 36.9. The third-order valence-electron chi connectivity index (χ3n) is 12.8. The topological polar surface area (TPSA) is 177 Å². The lowest BCUT2D eigenvalue weighted by atomic mass is 9.76. The Morgan fingerprint density at radius 1 is 0.930 bits per heavy atom. The van der Waals surface area contributed by atoms with Gasteiger partial charge >= 0.3 is 6.18 Å². The Kier molecular flexibility index (Phi) is 8.92. The van der Waals surface area contributed by atoms with Gasteiger partial charge in [0.15, 0.2) is 5.69 Å². The van der Waals surface area contributed by atoms with Crippen LogP contribution in [-0.4, -0.2) is 116 Å². The van der Waals surface area contributed by atoms with Crippen molar-refractivity contribution in [2.45, 2.75) is 80.7 Å². The third kappa shape index (κ3) is 6.33. The highest BCUT2D eigenvalue weighted by atomic mass is 19.4. The fraction of sp³-hybridized carbons (Fsp3) is 0.487. The minimum absolute atomic E-state index is 0.0730. The SMILES string of the molecule is N#Cc1ncc(NC(=O)C2(n3cc(C4CCN(C5CN(C6CN(c7ccc8c(c7)C(=O)N(C7CCC(=O)NC7=O)C8=O)C6)C5)CC4)cn3)CCC2)cc1C(F)(F)F. The summed E-state index contributed by atoms with van der Waals surface area (Å²) in [6, 6.07) is 7.26. The Hall–Kier alpha value is -5.67. The molecule has 0 spiro atoms. The minimum atomic E-state index is -4.79. The first-order chi connectivity index (χ1) is 27.3. The van der Waals surface area contributed by atoms with Crippen molar-refractivity contribution in [3.8, 4) is 6.07 Å². The van der Waals surface area contributed by atoms with Crippen LogP contribution in [0.2, 0.25) is 0 Å². The van der Waals surface area contributed by atoms with Crippen LogP contribution < -0.4 is 15.5 Å². The van der Waals surface area contributed by atoms with E-state index in [0.717, 1.165) is 86.9 Å². The van der Waals surface area contributed by atoms with E-state index in [9.17, 15) is 37.1 Å². The number of carbonyl (C=O) groups excluding carboxylic acids is 5. The third-order valence-corrected chi connectivity index (χ3v) is 12.8. The van der Waals surface area contributed by atoms with Crippen LogP contribution in [0.4, 0.5) is 24.5 Å². The Balaban J connectivity index is 0.750. The van der Waals surface area contributed by atoms with Crippen molar-refractivity contribution >= 4 is 40.9 Å². The van der Waals surface area contributed by atoms with Crippen LogP contribution >= 0.6 is 0 Å². The molecule has 1 atom stereocenters. The molecule has 9 rings (SSSR count). The van der Waals surface area contributed by atoms with Crippen molar-refractivity contribution in [3.05, 3.63) is 70.8 Å². The van der Waals surface area contributed by atoms with Gasteiger partial charge < -0.3 is 10.2 Å². The number of alkyl halides is 3. The average Bonchev–Trinajstić information content (AvgIpc) is 3.71. The molecule has 15 nitrogen and oxygen atoms in total. The lowest BCUT2D eigenvalue weighted by Crippen LogP contribution is -2.70. The molecule has 4 saturated heterocycles. The zero-order valence-electron chi connectivity index (χ0n) is 30.8. The van der Waals surface area contributed by atoms with Crippen molar-refractivity contribution in [2.24, 2.45) is 0 Å². The van der Waals surface area contributed by atoms with Crippen LogP contribution in [-0.2, 0) is 26.1 Å². The first-order valence-electron chi connectivity index (χ1n) is 19.3. The van der Waals surface area contributed by atoms with Gasteiger partial charge in [-0.3, -0.25) is 48.7 Å². The number of nitriles is 1. The highest BCUT2D eigenvalue weighted by Crippen LogP contribution is 2.42. The van der Waals surface area contributed by atoms with Crippen molar-refractivity contribution in [3.63, 3.8) is 0 Å². The molecule has 5 aliphatic heterocycles. The maximum atomic E-state index is 13.5. The standard InChI is InChI=1S/C39H39F3N10O5/c40-39(41,42)30-12-24(16-44-31(30)14-43)46-37(57)38(8-1-9-38)51-17-23(15-45-51)22-6-10-48(11-7-22)26-18-50(19-26)27-20-49(21-27)25-2-3-28-29(13-25)36(56)52(35(28)55)32-4-5-33(53)47-34(32)54/h2-3,12-13,15-17,22,26-27,32H,1,4-11,18-21H2,(H,46,57)(H,47,53,54). The fourth-order valence-corrected chi connectivity index (χ4v) is 9.11. The molecular weight excluding hydrogens is 745 g/mol. The van der Waals surface area contributed by atoms with E-state index in [-0.39, 0.29) is 35.6 Å². The van der Waals surface area contributed by atoms with Gasteiger partial charge in [-0.15, -0.1) is 0 Å². The summed E-state index contributed by atoms with van der Waals surface area (Å²) in [7, 11) is 0. The second-order valence-electron chi connectivity index (χ2n) is 15.9. The molecule has 1 saturated carbocycles. The summed E-state index contributed by atoms with van der Waals surface area (Å²) in [5.74, 6) is -2.25. The molecule has 57 heavy (non-hydrogen) atoms. The Morgan fingerprint density at radius 2 is 1.65 bits per heavy atom. The average molecular weight is 785 g/mol. The molecule has 0 bridgehead atoms. The van der Waals surface area contributed by atoms with Gasteiger partial charge in [-0.25, -0.2) is 4.98 Å². The summed E-state index contributed by atoms with van der Waals surface area (Å²) in [5, 5.41) is 18.4. The number of anilines is 2. The number of imide groups is 2. The summed E-state index contributed by atoms with van der Waals surface area (Å²) >= 11 is 0. The number of hydrogen-bond acceptors (Lipinski definition) is 11. The van der Waals surface area contributed by atoms with Crippen LogP contribution in [0.15, 0.2) is 42.9 Å². The highest BCUT2D eigenvalue weighted by Gasteiger charge is 2.49. The molecule has 2 aromatic heterocycles. The van der Waals surface area contributed by atoms with Crippen LogP contribution in [0.3, 0.4) is 0 Å². The molecule has 7 heterocycles. The quantitative estimate of drug-likeness (QED) is 0.322. The second kappa shape index (κ2) is 13.8. The Morgan fingerprint density at radius 3 is 2.32 bits per heavy atom. The number of amides is 5. The van der Waals surface area contributed by atoms with Gasteiger partial charge in [0.1, 0.15) is 17.6 Å². The molecule has 296 valence electrons. The van der Waals surface area contributed by atoms with Crippen molar-refractivity contribution in [1.82, 2.24) is 34.8 Å². The Labute approximate surface area is 324 Å². The van der Waals surface area contributed by atoms with E-state index in [1.54, 1.807) is 23.0 Å². The number of nitrogens with one attached hydrogen (secondary N) is 2. The zero-order chi connectivity index (χ0) is 39.8. The number of rotatable bonds is 8. The van der Waals surface area contributed by atoms with Crippen LogP contribution in [0.25, 0.3) is 0 Å². The summed E-state index contributed by atoms with van der Waals surface area (Å²) in [6.07, 6.45) is 3.85. The smallest absolute Gasteiger partial charge is 0.368 e. The number of likely N-dealkylation sites (tertiary alicyclic amines) is 2. The van der Waals surface area contributed by atoms with E-state index < -0.39 is 58.6 Å². The lowest BCUT2D eigenvalue weighted by molar-refractivity contribution is -0.138. The van der Waals surface area contributed by atoms with Gasteiger partial charge in [-0.05, 0) is 87.4 Å². The predicted octanol–water partition coefficient (Wildman–Crippen LogP) is 2.84. The monoisotopic (exact) mass is 784 g/mol. The lowest BCUT2D eigenvalue weighted by Gasteiger charge is -2.55. The molecule has 1 aliphatic carbocycles. The van der Waals surface area contributed by atoms with Crippen LogP contribution in [0.1, 0.15) is 88.4 Å². The van der Waals surface area contributed by atoms with Crippen molar-refractivity contribution in [1.29, 1.82) is 5.26 Å². The number of pyridine rings is 1. The van der Waals surface area contributed by atoms with Crippen LogP contribution in [0.5, 0.6) is 0 Å². The minimum Gasteiger partial charge on any atom is -0.368 e. The number of fused-ring (bicyclic) bond motifs is 1. The number of benzene rings is 1. The van der Waals surface area contributed by atoms with E-state index in [0.29, 0.717) is 24.9 Å². The number of nitrogens with zero attached hydrogens (tertiary/aromatic N) is 8. The molecule has 1 aromatic carbocycles. The molecular formula is C39H39F3N10O5. The van der Waals surface area contributed by atoms with Gasteiger partial charge in [0.2, 0.25) is 11.8 Å². The predicted molar refractivity (Wildman–Crippen MR) is 195 cm³/mol. The number of piperidine rings is 2. The zero-order valence-corrected chi connectivity index (χ0v) is 30.8. The van der Waals surface area contributed by atoms with Crippen molar-refractivity contribution < 1.29 is 37.1 Å². The largest absolute Gasteiger partial charge is 0.419 e. The molecule has 6 aliphatic rings. The number of carbonyl (C=O) groups is 5. The molecule has 0 radical (unpaired) electrons. The highest BCUT2D eigenvalue weighted by molar-refractivity contribution is 6.23. The molecule has 2 N–H and O–H groups in total. The molecule has 5 amide bonds. The normalized spacial score (nSPS) is 23.4. The summed E-state index contributed by atoms with van der Waals surface area (Å²) in [6.45, 7) is 5.40. The maximum absolute atomic E-state index is 13.5. The molecule has 3 aromatic rings. The molecule has 5 fully saturated rings. The number of halogens is 3. The molecule has 18 heteroatoms.